The van der Waals surface area contributed by atoms with E-state index < -0.39 is 23.1 Å². The van der Waals surface area contributed by atoms with Crippen molar-refractivity contribution in [1.29, 1.82) is 0 Å². The van der Waals surface area contributed by atoms with E-state index in [1.54, 1.807) is 13.8 Å². The molecule has 1 amide bonds. The number of benzene rings is 1. The van der Waals surface area contributed by atoms with Gasteiger partial charge in [-0.15, -0.1) is 0 Å². The van der Waals surface area contributed by atoms with Crippen LogP contribution in [0.5, 0.6) is 0 Å². The third-order valence-electron chi connectivity index (χ3n) is 1.84. The van der Waals surface area contributed by atoms with Gasteiger partial charge in [0.2, 0.25) is 5.91 Å². The van der Waals surface area contributed by atoms with Gasteiger partial charge in [0.25, 0.3) is 0 Å². The Morgan fingerprint density at radius 2 is 2.06 bits per heavy atom. The highest BCUT2D eigenvalue weighted by molar-refractivity contribution is 5.91. The molecule has 0 bridgehead atoms. The molecule has 0 aliphatic rings. The summed E-state index contributed by atoms with van der Waals surface area (Å²) in [5.74, 6) is -2.51. The van der Waals surface area contributed by atoms with Gasteiger partial charge in [-0.3, -0.25) is 4.79 Å². The van der Waals surface area contributed by atoms with Crippen molar-refractivity contribution < 1.29 is 13.6 Å². The van der Waals surface area contributed by atoms with Crippen LogP contribution in [0, 0.1) is 11.6 Å². The molecule has 0 spiro atoms. The first kappa shape index (κ1) is 12.6. The number of carbonyl (C=O) groups is 1. The van der Waals surface area contributed by atoms with E-state index in [1.165, 1.54) is 12.1 Å². The summed E-state index contributed by atoms with van der Waals surface area (Å²) >= 11 is 0. The first-order chi connectivity index (χ1) is 7.29. The molecule has 5 heteroatoms. The fraction of sp³-hybridized carbons (Fsp3) is 0.364. The molecule has 0 heterocycles. The molecular weight excluding hydrogens is 214 g/mol. The molecule has 0 radical (unpaired) electrons. The SMILES string of the molecule is CC(C)(N)CC(=O)Nc1cccc(F)c1F. The summed E-state index contributed by atoms with van der Waals surface area (Å²) < 4.78 is 26.0. The Kier molecular flexibility index (Phi) is 3.59. The van der Waals surface area contributed by atoms with E-state index >= 15 is 0 Å². The standard InChI is InChI=1S/C11H14F2N2O/c1-11(2,14)6-9(16)15-8-5-3-4-7(12)10(8)13/h3-5H,6,14H2,1-2H3,(H,15,16). The topological polar surface area (TPSA) is 55.1 Å². The molecule has 1 aromatic carbocycles. The van der Waals surface area contributed by atoms with Gasteiger partial charge >= 0.3 is 0 Å². The van der Waals surface area contributed by atoms with Crippen LogP contribution in [0.4, 0.5) is 14.5 Å². The number of hydrogen-bond donors (Lipinski definition) is 2. The Balaban J connectivity index is 2.74. The highest BCUT2D eigenvalue weighted by Gasteiger charge is 2.18. The number of nitrogens with two attached hydrogens (primary N) is 1. The minimum atomic E-state index is -1.06. The largest absolute Gasteiger partial charge is 0.325 e. The van der Waals surface area contributed by atoms with E-state index in [-0.39, 0.29) is 12.1 Å². The normalized spacial score (nSPS) is 11.3. The van der Waals surface area contributed by atoms with Gasteiger partial charge in [0.15, 0.2) is 11.6 Å². The van der Waals surface area contributed by atoms with Crippen LogP contribution in [0.15, 0.2) is 18.2 Å². The van der Waals surface area contributed by atoms with Gasteiger partial charge in [-0.05, 0) is 26.0 Å². The van der Waals surface area contributed by atoms with Gasteiger partial charge < -0.3 is 11.1 Å². The number of hydrogen-bond acceptors (Lipinski definition) is 2. The van der Waals surface area contributed by atoms with Crippen molar-refractivity contribution in [3.63, 3.8) is 0 Å². The van der Waals surface area contributed by atoms with Gasteiger partial charge in [-0.1, -0.05) is 6.07 Å². The Labute approximate surface area is 92.6 Å². The summed E-state index contributed by atoms with van der Waals surface area (Å²) in [7, 11) is 0. The lowest BCUT2D eigenvalue weighted by atomic mass is 10.0. The zero-order chi connectivity index (χ0) is 12.3. The summed E-state index contributed by atoms with van der Waals surface area (Å²) in [6, 6.07) is 3.60. The number of anilines is 1. The highest BCUT2D eigenvalue weighted by Crippen LogP contribution is 2.17. The van der Waals surface area contributed by atoms with Crippen LogP contribution in [0.2, 0.25) is 0 Å². The van der Waals surface area contributed by atoms with E-state index in [4.69, 9.17) is 5.73 Å². The zero-order valence-corrected chi connectivity index (χ0v) is 9.18. The summed E-state index contributed by atoms with van der Waals surface area (Å²) in [4.78, 5) is 11.4. The number of nitrogens with one attached hydrogen (secondary N) is 1. The summed E-state index contributed by atoms with van der Waals surface area (Å²) in [5, 5.41) is 2.27. The first-order valence-corrected chi connectivity index (χ1v) is 4.82. The van der Waals surface area contributed by atoms with Gasteiger partial charge in [-0.25, -0.2) is 8.78 Å². The molecule has 0 aliphatic heterocycles. The fourth-order valence-corrected chi connectivity index (χ4v) is 1.21. The van der Waals surface area contributed by atoms with Crippen molar-refractivity contribution in [3.8, 4) is 0 Å². The van der Waals surface area contributed by atoms with E-state index in [0.29, 0.717) is 0 Å². The molecule has 88 valence electrons. The van der Waals surface area contributed by atoms with Crippen molar-refractivity contribution in [2.24, 2.45) is 5.73 Å². The van der Waals surface area contributed by atoms with E-state index in [9.17, 15) is 13.6 Å². The quantitative estimate of drug-likeness (QED) is 0.831. The number of rotatable bonds is 3. The van der Waals surface area contributed by atoms with Crippen molar-refractivity contribution in [1.82, 2.24) is 0 Å². The van der Waals surface area contributed by atoms with Gasteiger partial charge in [0.05, 0.1) is 5.69 Å². The van der Waals surface area contributed by atoms with Crippen LogP contribution in [0.1, 0.15) is 20.3 Å². The Morgan fingerprint density at radius 1 is 1.44 bits per heavy atom. The molecule has 1 aromatic rings. The van der Waals surface area contributed by atoms with Crippen molar-refractivity contribution in [2.45, 2.75) is 25.8 Å². The van der Waals surface area contributed by atoms with Crippen LogP contribution in [0.3, 0.4) is 0 Å². The number of halogens is 2. The maximum absolute atomic E-state index is 13.2. The third kappa shape index (κ3) is 3.58. The number of carbonyl (C=O) groups excluding carboxylic acids is 1. The maximum Gasteiger partial charge on any atom is 0.226 e. The van der Waals surface area contributed by atoms with Crippen molar-refractivity contribution >= 4 is 11.6 Å². The molecule has 0 aliphatic carbocycles. The molecule has 0 atom stereocenters. The minimum absolute atomic E-state index is 0.0307. The zero-order valence-electron chi connectivity index (χ0n) is 9.18. The average molecular weight is 228 g/mol. The van der Waals surface area contributed by atoms with Crippen molar-refractivity contribution in [2.75, 3.05) is 5.32 Å². The van der Waals surface area contributed by atoms with Crippen LogP contribution in [-0.2, 0) is 4.79 Å². The molecule has 3 N–H and O–H groups in total. The molecular formula is C11H14F2N2O. The molecule has 0 aromatic heterocycles. The maximum atomic E-state index is 13.2. The Hall–Kier alpha value is -1.49. The lowest BCUT2D eigenvalue weighted by molar-refractivity contribution is -0.117. The summed E-state index contributed by atoms with van der Waals surface area (Å²) in [6.45, 7) is 3.35. The molecule has 0 saturated heterocycles. The second-order valence-electron chi connectivity index (χ2n) is 4.31. The second-order valence-corrected chi connectivity index (χ2v) is 4.31. The predicted octanol–water partition coefficient (Wildman–Crippen LogP) is 2.03. The lowest BCUT2D eigenvalue weighted by Crippen LogP contribution is -2.36. The molecule has 0 fully saturated rings. The van der Waals surface area contributed by atoms with Gasteiger partial charge in [-0.2, -0.15) is 0 Å². The molecule has 3 nitrogen and oxygen atoms in total. The summed E-state index contributed by atoms with van der Waals surface area (Å²) in [5.41, 5.74) is 4.77. The van der Waals surface area contributed by atoms with Gasteiger partial charge in [0.1, 0.15) is 0 Å². The third-order valence-corrected chi connectivity index (χ3v) is 1.84. The van der Waals surface area contributed by atoms with Crippen LogP contribution < -0.4 is 11.1 Å². The predicted molar refractivity (Wildman–Crippen MR) is 57.9 cm³/mol. The first-order valence-electron chi connectivity index (χ1n) is 4.82. The Morgan fingerprint density at radius 3 is 2.62 bits per heavy atom. The fourth-order valence-electron chi connectivity index (χ4n) is 1.21. The lowest BCUT2D eigenvalue weighted by Gasteiger charge is -2.17. The van der Waals surface area contributed by atoms with E-state index in [0.717, 1.165) is 6.07 Å². The summed E-state index contributed by atoms with van der Waals surface area (Å²) in [6.07, 6.45) is 0.0307. The monoisotopic (exact) mass is 228 g/mol. The molecule has 0 unspecified atom stereocenters. The van der Waals surface area contributed by atoms with Crippen LogP contribution >= 0.6 is 0 Å². The average Bonchev–Trinajstić information content (AvgIpc) is 2.09. The van der Waals surface area contributed by atoms with E-state index in [2.05, 4.69) is 5.32 Å². The number of amides is 1. The smallest absolute Gasteiger partial charge is 0.226 e. The van der Waals surface area contributed by atoms with Crippen LogP contribution in [0.25, 0.3) is 0 Å². The Bertz CT molecular complexity index is 399. The molecule has 16 heavy (non-hydrogen) atoms. The minimum Gasteiger partial charge on any atom is -0.325 e. The molecule has 0 saturated carbocycles. The highest BCUT2D eigenvalue weighted by atomic mass is 19.2. The second kappa shape index (κ2) is 4.57. The van der Waals surface area contributed by atoms with E-state index in [1.807, 2.05) is 0 Å². The van der Waals surface area contributed by atoms with Crippen LogP contribution in [-0.4, -0.2) is 11.4 Å². The van der Waals surface area contributed by atoms with Crippen molar-refractivity contribution in [3.05, 3.63) is 29.8 Å². The van der Waals surface area contributed by atoms with Gasteiger partial charge in [0, 0.05) is 12.0 Å². The molecule has 1 rings (SSSR count).